The number of benzene rings is 1. The Labute approximate surface area is 106 Å². The maximum atomic E-state index is 11.6. The summed E-state index contributed by atoms with van der Waals surface area (Å²) in [5.74, 6) is -0.381. The number of piperidine rings is 1. The molecule has 94 valence electrons. The van der Waals surface area contributed by atoms with E-state index in [1.165, 1.54) is 0 Å². The third kappa shape index (κ3) is 1.56. The molecule has 2 aliphatic heterocycles. The molecule has 3 N–H and O–H groups in total. The Morgan fingerprint density at radius 3 is 3.00 bits per heavy atom. The number of para-hydroxylation sites is 1. The molecule has 1 amide bonds. The van der Waals surface area contributed by atoms with E-state index < -0.39 is 0 Å². The molecule has 0 spiro atoms. The van der Waals surface area contributed by atoms with E-state index in [2.05, 4.69) is 22.9 Å². The largest absolute Gasteiger partial charge is 0.369 e. The zero-order valence-electron chi connectivity index (χ0n) is 10.2. The van der Waals surface area contributed by atoms with Crippen LogP contribution in [0, 0.1) is 5.92 Å². The molecule has 3 rings (SSSR count). The quantitative estimate of drug-likeness (QED) is 0.787. The van der Waals surface area contributed by atoms with Gasteiger partial charge in [0.1, 0.15) is 6.17 Å². The van der Waals surface area contributed by atoms with Crippen LogP contribution < -0.4 is 11.1 Å². The Kier molecular flexibility index (Phi) is 2.51. The summed E-state index contributed by atoms with van der Waals surface area (Å²) in [4.78, 5) is 13.7. The van der Waals surface area contributed by atoms with Crippen LogP contribution in [0.15, 0.2) is 30.8 Å². The van der Waals surface area contributed by atoms with Crippen LogP contribution in [-0.2, 0) is 4.79 Å². The molecule has 2 aliphatic rings. The molecular weight excluding hydrogens is 226 g/mol. The van der Waals surface area contributed by atoms with E-state index in [0.717, 1.165) is 36.3 Å². The fourth-order valence-corrected chi connectivity index (χ4v) is 2.95. The molecule has 0 aliphatic carbocycles. The number of anilines is 1. The van der Waals surface area contributed by atoms with Gasteiger partial charge in [0.05, 0.1) is 5.92 Å². The topological polar surface area (TPSA) is 58.4 Å². The van der Waals surface area contributed by atoms with Crippen molar-refractivity contribution in [1.29, 1.82) is 0 Å². The Hall–Kier alpha value is -1.97. The summed E-state index contributed by atoms with van der Waals surface area (Å²) in [6.07, 6.45) is 1.78. The van der Waals surface area contributed by atoms with Gasteiger partial charge in [-0.25, -0.2) is 0 Å². The number of carbonyl (C=O) groups excluding carboxylic acids is 1. The normalized spacial score (nSPS) is 26.0. The van der Waals surface area contributed by atoms with Gasteiger partial charge >= 0.3 is 0 Å². The highest BCUT2D eigenvalue weighted by molar-refractivity contribution is 5.82. The number of rotatable bonds is 1. The first-order chi connectivity index (χ1) is 8.68. The van der Waals surface area contributed by atoms with Gasteiger partial charge in [0, 0.05) is 23.5 Å². The maximum Gasteiger partial charge on any atom is 0.224 e. The molecule has 0 radical (unpaired) electrons. The average Bonchev–Trinajstić information content (AvgIpc) is 2.38. The van der Waals surface area contributed by atoms with E-state index in [1.807, 2.05) is 18.2 Å². The van der Waals surface area contributed by atoms with Crippen LogP contribution in [0.25, 0.3) is 5.70 Å². The molecule has 2 atom stereocenters. The van der Waals surface area contributed by atoms with Crippen LogP contribution in [0.1, 0.15) is 18.4 Å². The number of nitrogens with one attached hydrogen (secondary N) is 1. The SMILES string of the molecule is C=C1c2ccccc2N[C@H]2[C@@H](C(N)=O)CCCN12. The van der Waals surface area contributed by atoms with E-state index in [1.54, 1.807) is 0 Å². The first-order valence-corrected chi connectivity index (χ1v) is 6.29. The van der Waals surface area contributed by atoms with Crippen molar-refractivity contribution >= 4 is 17.3 Å². The molecule has 0 bridgehead atoms. The van der Waals surface area contributed by atoms with E-state index in [0.29, 0.717) is 0 Å². The van der Waals surface area contributed by atoms with Gasteiger partial charge in [-0.3, -0.25) is 4.79 Å². The molecule has 1 aromatic carbocycles. The second-order valence-corrected chi connectivity index (χ2v) is 4.93. The van der Waals surface area contributed by atoms with Gasteiger partial charge in [-0.15, -0.1) is 0 Å². The lowest BCUT2D eigenvalue weighted by Gasteiger charge is -2.46. The molecular formula is C14H17N3O. The predicted octanol–water partition coefficient (Wildman–Crippen LogP) is 1.61. The van der Waals surface area contributed by atoms with Gasteiger partial charge in [0.2, 0.25) is 5.91 Å². The first-order valence-electron chi connectivity index (χ1n) is 6.29. The lowest BCUT2D eigenvalue weighted by atomic mass is 9.89. The predicted molar refractivity (Wildman–Crippen MR) is 71.5 cm³/mol. The minimum atomic E-state index is -0.232. The third-order valence-electron chi connectivity index (χ3n) is 3.88. The summed E-state index contributed by atoms with van der Waals surface area (Å²) in [6, 6.07) is 8.05. The van der Waals surface area contributed by atoms with Gasteiger partial charge in [-0.05, 0) is 18.9 Å². The number of nitrogens with zero attached hydrogens (tertiary/aromatic N) is 1. The van der Waals surface area contributed by atoms with E-state index in [4.69, 9.17) is 5.73 Å². The molecule has 2 heterocycles. The summed E-state index contributed by atoms with van der Waals surface area (Å²) >= 11 is 0. The highest BCUT2D eigenvalue weighted by atomic mass is 16.1. The van der Waals surface area contributed by atoms with Gasteiger partial charge in [0.25, 0.3) is 0 Å². The monoisotopic (exact) mass is 243 g/mol. The smallest absolute Gasteiger partial charge is 0.224 e. The number of hydrogen-bond acceptors (Lipinski definition) is 3. The Balaban J connectivity index is 2.01. The molecule has 1 aromatic rings. The summed E-state index contributed by atoms with van der Waals surface area (Å²) in [5.41, 5.74) is 8.64. The molecule has 1 saturated heterocycles. The number of fused-ring (bicyclic) bond motifs is 2. The van der Waals surface area contributed by atoms with Crippen molar-refractivity contribution < 1.29 is 4.79 Å². The zero-order valence-corrected chi connectivity index (χ0v) is 10.2. The zero-order chi connectivity index (χ0) is 12.7. The van der Waals surface area contributed by atoms with Crippen molar-refractivity contribution in [3.63, 3.8) is 0 Å². The standard InChI is InChI=1S/C14H17N3O/c1-9-10-5-2-3-7-12(10)16-14-11(13(15)18)6-4-8-17(9)14/h2-3,5,7,11,14,16H,1,4,6,8H2,(H2,15,18)/t11-,14-/m1/s1. The molecule has 1 fully saturated rings. The molecule has 0 aromatic heterocycles. The van der Waals surface area contributed by atoms with Crippen LogP contribution in [0.4, 0.5) is 5.69 Å². The van der Waals surface area contributed by atoms with Crippen molar-refractivity contribution in [3.8, 4) is 0 Å². The summed E-state index contributed by atoms with van der Waals surface area (Å²) in [7, 11) is 0. The Bertz CT molecular complexity index is 512. The van der Waals surface area contributed by atoms with Gasteiger partial charge in [-0.1, -0.05) is 24.8 Å². The second kappa shape index (κ2) is 4.05. The minimum Gasteiger partial charge on any atom is -0.369 e. The van der Waals surface area contributed by atoms with Crippen molar-refractivity contribution in [3.05, 3.63) is 36.4 Å². The number of primary amides is 1. The lowest BCUT2D eigenvalue weighted by molar-refractivity contribution is -0.124. The number of hydrogen-bond donors (Lipinski definition) is 2. The van der Waals surface area contributed by atoms with Crippen molar-refractivity contribution in [2.75, 3.05) is 11.9 Å². The average molecular weight is 243 g/mol. The number of nitrogens with two attached hydrogens (primary N) is 1. The van der Waals surface area contributed by atoms with Gasteiger partial charge in [0.15, 0.2) is 0 Å². The molecule has 4 heteroatoms. The van der Waals surface area contributed by atoms with E-state index >= 15 is 0 Å². The van der Waals surface area contributed by atoms with Gasteiger partial charge in [-0.2, -0.15) is 0 Å². The molecule has 0 saturated carbocycles. The minimum absolute atomic E-state index is 0.0429. The fraction of sp³-hybridized carbons (Fsp3) is 0.357. The highest BCUT2D eigenvalue weighted by Gasteiger charge is 2.38. The van der Waals surface area contributed by atoms with Crippen LogP contribution in [-0.4, -0.2) is 23.5 Å². The van der Waals surface area contributed by atoms with Crippen LogP contribution >= 0.6 is 0 Å². The lowest BCUT2D eigenvalue weighted by Crippen LogP contribution is -2.54. The molecule has 0 unspecified atom stereocenters. The number of amides is 1. The molecule has 18 heavy (non-hydrogen) atoms. The van der Waals surface area contributed by atoms with Crippen LogP contribution in [0.3, 0.4) is 0 Å². The summed E-state index contributed by atoms with van der Waals surface area (Å²) in [6.45, 7) is 5.09. The first kappa shape index (κ1) is 11.1. The van der Waals surface area contributed by atoms with Crippen LogP contribution in [0.2, 0.25) is 0 Å². The highest BCUT2D eigenvalue weighted by Crippen LogP contribution is 2.38. The van der Waals surface area contributed by atoms with E-state index in [9.17, 15) is 4.79 Å². The second-order valence-electron chi connectivity index (χ2n) is 4.93. The summed E-state index contributed by atoms with van der Waals surface area (Å²) < 4.78 is 0. The van der Waals surface area contributed by atoms with Crippen molar-refractivity contribution in [2.45, 2.75) is 19.0 Å². The maximum absolute atomic E-state index is 11.6. The Morgan fingerprint density at radius 2 is 2.22 bits per heavy atom. The Morgan fingerprint density at radius 1 is 1.44 bits per heavy atom. The van der Waals surface area contributed by atoms with Crippen molar-refractivity contribution in [1.82, 2.24) is 4.90 Å². The van der Waals surface area contributed by atoms with Gasteiger partial charge < -0.3 is 16.0 Å². The van der Waals surface area contributed by atoms with Crippen molar-refractivity contribution in [2.24, 2.45) is 11.7 Å². The van der Waals surface area contributed by atoms with E-state index in [-0.39, 0.29) is 18.0 Å². The van der Waals surface area contributed by atoms with Crippen LogP contribution in [0.5, 0.6) is 0 Å². The molecule has 4 nitrogen and oxygen atoms in total. The fourth-order valence-electron chi connectivity index (χ4n) is 2.95. The third-order valence-corrected chi connectivity index (χ3v) is 3.88. The number of carbonyl (C=O) groups is 1. The summed E-state index contributed by atoms with van der Waals surface area (Å²) in [5, 5.41) is 3.42.